The Labute approximate surface area is 158 Å². The van der Waals surface area contributed by atoms with Gasteiger partial charge in [-0.3, -0.25) is 4.79 Å². The van der Waals surface area contributed by atoms with Crippen LogP contribution in [0, 0.1) is 11.3 Å². The average molecular weight is 356 g/mol. The largest absolute Gasteiger partial charge is 0.457 e. The molecule has 0 radical (unpaired) electrons. The van der Waals surface area contributed by atoms with Gasteiger partial charge in [-0.1, -0.05) is 30.3 Å². The molecular weight excluding hydrogens is 336 g/mol. The maximum Gasteiger partial charge on any atom is 0.161 e. The first kappa shape index (κ1) is 17.1. The van der Waals surface area contributed by atoms with Crippen LogP contribution in [0.4, 0.5) is 0 Å². The molecule has 1 N–H and O–H groups in total. The van der Waals surface area contributed by atoms with E-state index < -0.39 is 0 Å². The number of para-hydroxylation sites is 1. The number of nitriles is 1. The van der Waals surface area contributed by atoms with E-state index in [0.717, 1.165) is 41.1 Å². The molecule has 0 amide bonds. The van der Waals surface area contributed by atoms with Gasteiger partial charge in [-0.25, -0.2) is 0 Å². The molecule has 1 aliphatic heterocycles. The van der Waals surface area contributed by atoms with Gasteiger partial charge in [0.1, 0.15) is 11.5 Å². The Hall–Kier alpha value is -3.32. The summed E-state index contributed by atoms with van der Waals surface area (Å²) in [5.74, 6) is 1.24. The summed E-state index contributed by atoms with van der Waals surface area (Å²) in [5, 5.41) is 13.0. The quantitative estimate of drug-likeness (QED) is 0.843. The summed E-state index contributed by atoms with van der Waals surface area (Å²) in [6.45, 7) is 1.90. The zero-order valence-electron chi connectivity index (χ0n) is 15.2. The van der Waals surface area contributed by atoms with Crippen LogP contribution in [0.5, 0.6) is 11.5 Å². The van der Waals surface area contributed by atoms with Gasteiger partial charge in [-0.15, -0.1) is 0 Å². The smallest absolute Gasteiger partial charge is 0.161 e. The van der Waals surface area contributed by atoms with Crippen LogP contribution >= 0.6 is 0 Å². The zero-order valence-corrected chi connectivity index (χ0v) is 15.2. The second kappa shape index (κ2) is 7.13. The number of hydrogen-bond acceptors (Lipinski definition) is 4. The molecule has 2 aliphatic rings. The molecule has 0 aromatic heterocycles. The van der Waals surface area contributed by atoms with Crippen LogP contribution in [0.25, 0.3) is 0 Å². The van der Waals surface area contributed by atoms with Crippen molar-refractivity contribution in [3.8, 4) is 17.6 Å². The molecule has 134 valence electrons. The number of benzene rings is 2. The van der Waals surface area contributed by atoms with E-state index in [1.807, 2.05) is 61.5 Å². The summed E-state index contributed by atoms with van der Waals surface area (Å²) in [4.78, 5) is 12.7. The number of rotatable bonds is 3. The van der Waals surface area contributed by atoms with Gasteiger partial charge < -0.3 is 10.1 Å². The first-order chi connectivity index (χ1) is 13.2. The van der Waals surface area contributed by atoms with E-state index in [2.05, 4.69) is 11.4 Å². The van der Waals surface area contributed by atoms with Crippen molar-refractivity contribution in [1.82, 2.24) is 5.32 Å². The minimum atomic E-state index is -0.335. The maximum atomic E-state index is 12.7. The number of allylic oxidation sites excluding steroid dienone is 4. The Bertz CT molecular complexity index is 997. The third-order valence-electron chi connectivity index (χ3n) is 5.07. The van der Waals surface area contributed by atoms with Gasteiger partial charge in [0.05, 0.1) is 17.6 Å². The Balaban J connectivity index is 1.77. The lowest BCUT2D eigenvalue weighted by Gasteiger charge is -2.32. The van der Waals surface area contributed by atoms with E-state index in [1.165, 1.54) is 0 Å². The van der Waals surface area contributed by atoms with Crippen molar-refractivity contribution in [1.29, 1.82) is 5.26 Å². The van der Waals surface area contributed by atoms with Gasteiger partial charge in [-0.2, -0.15) is 5.26 Å². The van der Waals surface area contributed by atoms with Crippen LogP contribution in [-0.4, -0.2) is 5.78 Å². The topological polar surface area (TPSA) is 62.1 Å². The lowest BCUT2D eigenvalue weighted by atomic mass is 9.75. The van der Waals surface area contributed by atoms with Crippen molar-refractivity contribution in [3.63, 3.8) is 0 Å². The summed E-state index contributed by atoms with van der Waals surface area (Å²) in [7, 11) is 0. The zero-order chi connectivity index (χ0) is 18.8. The van der Waals surface area contributed by atoms with Crippen LogP contribution in [0.2, 0.25) is 0 Å². The van der Waals surface area contributed by atoms with Gasteiger partial charge >= 0.3 is 0 Å². The van der Waals surface area contributed by atoms with Crippen molar-refractivity contribution in [2.24, 2.45) is 0 Å². The van der Waals surface area contributed by atoms with Crippen molar-refractivity contribution in [2.45, 2.75) is 32.1 Å². The second-order valence-electron chi connectivity index (χ2n) is 6.87. The number of carbonyl (C=O) groups excluding carboxylic acids is 1. The number of Topliss-reactive ketones (excluding diaryl/α,β-unsaturated/α-hetero) is 1. The lowest BCUT2D eigenvalue weighted by Crippen LogP contribution is -2.31. The number of nitrogens with one attached hydrogen (secondary N) is 1. The van der Waals surface area contributed by atoms with Gasteiger partial charge in [0.15, 0.2) is 5.78 Å². The number of carbonyl (C=O) groups is 1. The molecule has 0 fully saturated rings. The van der Waals surface area contributed by atoms with E-state index in [9.17, 15) is 10.1 Å². The molecule has 4 rings (SSSR count). The highest BCUT2D eigenvalue weighted by Crippen LogP contribution is 2.42. The Morgan fingerprint density at radius 1 is 1.07 bits per heavy atom. The van der Waals surface area contributed by atoms with Gasteiger partial charge in [0.2, 0.25) is 0 Å². The SMILES string of the molecule is CC1=C(C#N)[C@@H](c2cccc(Oc3ccccc3)c2)C2=C(CCCC2=O)N1. The normalized spacial score (nSPS) is 19.3. The fourth-order valence-electron chi connectivity index (χ4n) is 3.85. The summed E-state index contributed by atoms with van der Waals surface area (Å²) in [6, 6.07) is 19.6. The second-order valence-corrected chi connectivity index (χ2v) is 6.87. The Morgan fingerprint density at radius 3 is 2.63 bits per heavy atom. The number of hydrogen-bond donors (Lipinski definition) is 1. The first-order valence-electron chi connectivity index (χ1n) is 9.14. The summed E-state index contributed by atoms with van der Waals surface area (Å²) >= 11 is 0. The molecule has 4 heteroatoms. The fourth-order valence-corrected chi connectivity index (χ4v) is 3.85. The minimum absolute atomic E-state index is 0.128. The van der Waals surface area contributed by atoms with Crippen LogP contribution in [0.15, 0.2) is 77.1 Å². The maximum absolute atomic E-state index is 12.7. The Kier molecular flexibility index (Phi) is 4.52. The van der Waals surface area contributed by atoms with Gasteiger partial charge in [0.25, 0.3) is 0 Å². The molecule has 1 atom stereocenters. The monoisotopic (exact) mass is 356 g/mol. The molecule has 2 aromatic rings. The molecule has 0 spiro atoms. The molecule has 2 aromatic carbocycles. The minimum Gasteiger partial charge on any atom is -0.457 e. The predicted molar refractivity (Wildman–Crippen MR) is 103 cm³/mol. The third kappa shape index (κ3) is 3.24. The van der Waals surface area contributed by atoms with Crippen LogP contribution < -0.4 is 10.1 Å². The van der Waals surface area contributed by atoms with E-state index >= 15 is 0 Å². The van der Waals surface area contributed by atoms with Gasteiger partial charge in [0, 0.05) is 23.4 Å². The third-order valence-corrected chi connectivity index (χ3v) is 5.07. The van der Waals surface area contributed by atoms with Crippen molar-refractivity contribution >= 4 is 5.78 Å². The first-order valence-corrected chi connectivity index (χ1v) is 9.14. The molecule has 0 saturated carbocycles. The number of dihydropyridines is 1. The Morgan fingerprint density at radius 2 is 1.85 bits per heavy atom. The molecular formula is C23H20N2O2. The molecule has 0 bridgehead atoms. The average Bonchev–Trinajstić information content (AvgIpc) is 2.68. The number of ether oxygens (including phenoxy) is 1. The molecule has 27 heavy (non-hydrogen) atoms. The van der Waals surface area contributed by atoms with Crippen LogP contribution in [0.1, 0.15) is 37.7 Å². The molecule has 0 saturated heterocycles. The number of ketones is 1. The van der Waals surface area contributed by atoms with E-state index in [4.69, 9.17) is 4.74 Å². The van der Waals surface area contributed by atoms with E-state index in [0.29, 0.717) is 17.7 Å². The predicted octanol–water partition coefficient (Wildman–Crippen LogP) is 4.97. The molecule has 1 heterocycles. The fraction of sp³-hybridized carbons (Fsp3) is 0.217. The summed E-state index contributed by atoms with van der Waals surface area (Å²) in [5.41, 5.74) is 4.03. The highest BCUT2D eigenvalue weighted by Gasteiger charge is 2.35. The molecule has 1 aliphatic carbocycles. The highest BCUT2D eigenvalue weighted by atomic mass is 16.5. The molecule has 4 nitrogen and oxygen atoms in total. The van der Waals surface area contributed by atoms with Crippen molar-refractivity contribution in [2.75, 3.05) is 0 Å². The van der Waals surface area contributed by atoms with Gasteiger partial charge in [-0.05, 0) is 49.6 Å². The van der Waals surface area contributed by atoms with E-state index in [-0.39, 0.29) is 11.7 Å². The number of nitrogens with zero attached hydrogens (tertiary/aromatic N) is 1. The molecule has 0 unspecified atom stereocenters. The summed E-state index contributed by atoms with van der Waals surface area (Å²) in [6.07, 6.45) is 2.23. The van der Waals surface area contributed by atoms with Crippen LogP contribution in [0.3, 0.4) is 0 Å². The summed E-state index contributed by atoms with van der Waals surface area (Å²) < 4.78 is 5.95. The van der Waals surface area contributed by atoms with Crippen LogP contribution in [-0.2, 0) is 4.79 Å². The van der Waals surface area contributed by atoms with E-state index in [1.54, 1.807) is 0 Å². The standard InChI is InChI=1S/C23H20N2O2/c1-15-19(14-24)22(23-20(25-15)11-6-12-21(23)26)16-7-5-10-18(13-16)27-17-8-3-2-4-9-17/h2-5,7-10,13,22,25H,6,11-12H2,1H3/t22-/m1/s1. The van der Waals surface area contributed by atoms with Crippen molar-refractivity contribution < 1.29 is 9.53 Å². The van der Waals surface area contributed by atoms with Crippen molar-refractivity contribution in [3.05, 3.63) is 82.7 Å². The highest BCUT2D eigenvalue weighted by molar-refractivity contribution is 5.99. The lowest BCUT2D eigenvalue weighted by molar-refractivity contribution is -0.116.